The molecular formula is C30H46N2O6. The fraction of sp³-hybridized carbons (Fsp3) is 0.767. The van der Waals surface area contributed by atoms with Gasteiger partial charge in [0.15, 0.2) is 0 Å². The molecule has 4 fully saturated rings. The van der Waals surface area contributed by atoms with E-state index in [9.17, 15) is 19.5 Å². The number of hydrogen-bond donors (Lipinski definition) is 1. The predicted molar refractivity (Wildman–Crippen MR) is 144 cm³/mol. The highest BCUT2D eigenvalue weighted by atomic mass is 16.6. The lowest BCUT2D eigenvalue weighted by Gasteiger charge is -2.42. The lowest BCUT2D eigenvalue weighted by atomic mass is 9.70. The number of carbonyl (C=O) groups is 3. The highest BCUT2D eigenvalue weighted by Crippen LogP contribution is 2.59. The molecule has 0 aromatic heterocycles. The number of aliphatic hydroxyl groups excluding tert-OH is 1. The molecule has 4 aliphatic rings. The number of likely N-dealkylation sites (tertiary alicyclic amines) is 1. The van der Waals surface area contributed by atoms with Crippen LogP contribution in [-0.4, -0.2) is 82.3 Å². The van der Waals surface area contributed by atoms with E-state index in [-0.39, 0.29) is 37.0 Å². The summed E-state index contributed by atoms with van der Waals surface area (Å²) < 4.78 is 12.2. The molecule has 38 heavy (non-hydrogen) atoms. The molecule has 6 atom stereocenters. The summed E-state index contributed by atoms with van der Waals surface area (Å²) in [4.78, 5) is 45.6. The minimum absolute atomic E-state index is 0.0866. The van der Waals surface area contributed by atoms with E-state index in [0.717, 1.165) is 38.5 Å². The molecule has 4 rings (SSSR count). The zero-order chi connectivity index (χ0) is 27.4. The van der Waals surface area contributed by atoms with Gasteiger partial charge < -0.3 is 24.4 Å². The maximum Gasteiger partial charge on any atom is 0.312 e. The lowest BCUT2D eigenvalue weighted by molar-refractivity contribution is -0.157. The average molecular weight is 531 g/mol. The number of nitrogens with zero attached hydrogens (tertiary/aromatic N) is 2. The van der Waals surface area contributed by atoms with Crippen LogP contribution in [0.2, 0.25) is 0 Å². The van der Waals surface area contributed by atoms with Gasteiger partial charge in [-0.2, -0.15) is 0 Å². The second kappa shape index (κ2) is 12.3. The molecule has 2 unspecified atom stereocenters. The first-order chi connectivity index (χ1) is 18.3. The maximum atomic E-state index is 14.5. The fourth-order valence-corrected chi connectivity index (χ4v) is 7.46. The van der Waals surface area contributed by atoms with Crippen molar-refractivity contribution in [1.82, 2.24) is 9.80 Å². The summed E-state index contributed by atoms with van der Waals surface area (Å²) in [6.07, 6.45) is 11.3. The van der Waals surface area contributed by atoms with Crippen molar-refractivity contribution in [2.75, 3.05) is 19.8 Å². The molecule has 0 aromatic rings. The molecule has 8 heteroatoms. The fourth-order valence-electron chi connectivity index (χ4n) is 7.46. The molecule has 3 aliphatic heterocycles. The maximum absolute atomic E-state index is 14.5. The van der Waals surface area contributed by atoms with Gasteiger partial charge in [-0.3, -0.25) is 14.4 Å². The number of carbonyl (C=O) groups excluding carboxylic acids is 3. The van der Waals surface area contributed by atoms with Gasteiger partial charge in [-0.1, -0.05) is 45.3 Å². The number of amides is 2. The molecule has 212 valence electrons. The van der Waals surface area contributed by atoms with Crippen LogP contribution < -0.4 is 0 Å². The number of aliphatic hydroxyl groups is 1. The highest BCUT2D eigenvalue weighted by Gasteiger charge is 2.75. The average Bonchev–Trinajstić information content (AvgIpc) is 3.55. The zero-order valence-corrected chi connectivity index (χ0v) is 23.2. The minimum atomic E-state index is -1.08. The Morgan fingerprint density at radius 3 is 2.58 bits per heavy atom. The van der Waals surface area contributed by atoms with Crippen LogP contribution >= 0.6 is 0 Å². The molecule has 1 N–H and O–H groups in total. The Hall–Kier alpha value is -2.19. The van der Waals surface area contributed by atoms with Crippen molar-refractivity contribution in [3.8, 4) is 0 Å². The van der Waals surface area contributed by atoms with Gasteiger partial charge in [0.05, 0.1) is 37.2 Å². The largest absolute Gasteiger partial charge is 0.465 e. The third-order valence-corrected chi connectivity index (χ3v) is 9.01. The van der Waals surface area contributed by atoms with E-state index in [0.29, 0.717) is 32.2 Å². The van der Waals surface area contributed by atoms with Gasteiger partial charge in [0.25, 0.3) is 0 Å². The van der Waals surface area contributed by atoms with Crippen LogP contribution in [0.25, 0.3) is 0 Å². The predicted octanol–water partition coefficient (Wildman–Crippen LogP) is 3.62. The van der Waals surface area contributed by atoms with Gasteiger partial charge >= 0.3 is 5.97 Å². The second-order valence-corrected chi connectivity index (χ2v) is 11.9. The molecule has 2 bridgehead atoms. The SMILES string of the molecule is C=CCCCOC(=O)[C@@H]1[C@@H]2CCC3(O2)C(C(=O)N(CC=C)C2CCCCC2)N([C@@H](CO)CC(C)C)C(=O)[C@H]13. The Kier molecular flexibility index (Phi) is 9.35. The first-order valence-electron chi connectivity index (χ1n) is 14.6. The van der Waals surface area contributed by atoms with E-state index < -0.39 is 41.6 Å². The van der Waals surface area contributed by atoms with E-state index in [1.54, 1.807) is 17.1 Å². The first kappa shape index (κ1) is 28.8. The van der Waals surface area contributed by atoms with Gasteiger partial charge in [-0.15, -0.1) is 13.2 Å². The van der Waals surface area contributed by atoms with Crippen molar-refractivity contribution in [3.05, 3.63) is 25.3 Å². The topological polar surface area (TPSA) is 96.4 Å². The third kappa shape index (κ3) is 5.18. The Morgan fingerprint density at radius 1 is 1.21 bits per heavy atom. The molecular weight excluding hydrogens is 484 g/mol. The summed E-state index contributed by atoms with van der Waals surface area (Å²) >= 11 is 0. The van der Waals surface area contributed by atoms with Crippen LogP contribution in [0.5, 0.6) is 0 Å². The summed E-state index contributed by atoms with van der Waals surface area (Å²) in [7, 11) is 0. The number of hydrogen-bond acceptors (Lipinski definition) is 6. The van der Waals surface area contributed by atoms with Gasteiger partial charge in [0.1, 0.15) is 11.6 Å². The Morgan fingerprint density at radius 2 is 1.95 bits per heavy atom. The second-order valence-electron chi connectivity index (χ2n) is 11.9. The van der Waals surface area contributed by atoms with Crippen molar-refractivity contribution in [3.63, 3.8) is 0 Å². The van der Waals surface area contributed by atoms with Crippen LogP contribution in [0.4, 0.5) is 0 Å². The van der Waals surface area contributed by atoms with Gasteiger partial charge in [-0.05, 0) is 50.9 Å². The number of ether oxygens (including phenoxy) is 2. The normalized spacial score (nSPS) is 31.4. The van der Waals surface area contributed by atoms with Crippen LogP contribution in [-0.2, 0) is 23.9 Å². The number of rotatable bonds is 13. The summed E-state index contributed by atoms with van der Waals surface area (Å²) in [6, 6.07) is -1.31. The van der Waals surface area contributed by atoms with E-state index in [2.05, 4.69) is 13.2 Å². The van der Waals surface area contributed by atoms with Crippen LogP contribution in [0.1, 0.15) is 78.1 Å². The summed E-state index contributed by atoms with van der Waals surface area (Å²) in [5, 5.41) is 10.4. The van der Waals surface area contributed by atoms with Crippen LogP contribution in [0.3, 0.4) is 0 Å². The number of esters is 1. The summed E-state index contributed by atoms with van der Waals surface area (Å²) in [5.74, 6) is -2.14. The molecule has 8 nitrogen and oxygen atoms in total. The molecule has 2 amide bonds. The van der Waals surface area contributed by atoms with Crippen LogP contribution in [0.15, 0.2) is 25.3 Å². The number of unbranched alkanes of at least 4 members (excludes halogenated alkanes) is 1. The molecule has 3 saturated heterocycles. The van der Waals surface area contributed by atoms with Crippen molar-refractivity contribution in [2.24, 2.45) is 17.8 Å². The molecule has 3 heterocycles. The summed E-state index contributed by atoms with van der Waals surface area (Å²) in [5.41, 5.74) is -1.08. The lowest BCUT2D eigenvalue weighted by Crippen LogP contribution is -2.60. The Balaban J connectivity index is 1.70. The smallest absolute Gasteiger partial charge is 0.312 e. The van der Waals surface area contributed by atoms with Gasteiger partial charge in [0, 0.05) is 12.6 Å². The monoisotopic (exact) mass is 530 g/mol. The molecule has 1 spiro atoms. The number of allylic oxidation sites excluding steroid dienone is 1. The highest BCUT2D eigenvalue weighted by molar-refractivity contribution is 5.98. The minimum Gasteiger partial charge on any atom is -0.465 e. The van der Waals surface area contributed by atoms with Crippen molar-refractivity contribution < 1.29 is 29.0 Å². The van der Waals surface area contributed by atoms with Crippen LogP contribution in [0, 0.1) is 17.8 Å². The standard InChI is InChI=1S/C30H46N2O6/c1-5-7-11-17-37-29(36)24-23-14-15-30(38-23)25(24)27(34)32(22(19-33)18-20(3)4)26(30)28(35)31(16-6-2)21-12-9-8-10-13-21/h5-6,20-26,33H,1-2,7-19H2,3-4H3/t22-,23+,24-,25+,26?,30?/m1/s1. The van der Waals surface area contributed by atoms with Crippen molar-refractivity contribution in [1.29, 1.82) is 0 Å². The Bertz CT molecular complexity index is 899. The summed E-state index contributed by atoms with van der Waals surface area (Å²) in [6.45, 7) is 12.1. The Labute approximate surface area is 227 Å². The van der Waals surface area contributed by atoms with E-state index in [4.69, 9.17) is 9.47 Å². The molecule has 1 aliphatic carbocycles. The zero-order valence-electron chi connectivity index (χ0n) is 23.2. The van der Waals surface area contributed by atoms with Crippen molar-refractivity contribution in [2.45, 2.75) is 108 Å². The van der Waals surface area contributed by atoms with Gasteiger partial charge in [-0.25, -0.2) is 0 Å². The third-order valence-electron chi connectivity index (χ3n) is 9.01. The van der Waals surface area contributed by atoms with Crippen molar-refractivity contribution >= 4 is 17.8 Å². The molecule has 1 saturated carbocycles. The van der Waals surface area contributed by atoms with E-state index in [1.165, 1.54) is 0 Å². The first-order valence-corrected chi connectivity index (χ1v) is 14.6. The number of fused-ring (bicyclic) bond motifs is 1. The quantitative estimate of drug-likeness (QED) is 0.222. The van der Waals surface area contributed by atoms with E-state index >= 15 is 0 Å². The van der Waals surface area contributed by atoms with Gasteiger partial charge in [0.2, 0.25) is 11.8 Å². The molecule has 0 aromatic carbocycles. The van der Waals surface area contributed by atoms with E-state index in [1.807, 2.05) is 18.7 Å². The molecule has 0 radical (unpaired) electrons.